The van der Waals surface area contributed by atoms with E-state index in [0.29, 0.717) is 6.04 Å². The fourth-order valence-electron chi connectivity index (χ4n) is 1.77. The zero-order chi connectivity index (χ0) is 11.6. The second-order valence-corrected chi connectivity index (χ2v) is 3.98. The molecular formula is C14H20N2. The Hall–Kier alpha value is -1.33. The smallest absolute Gasteiger partial charge is 0.0299 e. The molecule has 1 heterocycles. The molecule has 0 aliphatic heterocycles. The van der Waals surface area contributed by atoms with Crippen LogP contribution >= 0.6 is 0 Å². The van der Waals surface area contributed by atoms with Crippen molar-refractivity contribution in [3.63, 3.8) is 0 Å². The minimum Gasteiger partial charge on any atom is -0.317 e. The van der Waals surface area contributed by atoms with Crippen molar-refractivity contribution in [2.75, 3.05) is 7.05 Å². The van der Waals surface area contributed by atoms with Crippen molar-refractivity contribution in [2.24, 2.45) is 0 Å². The lowest BCUT2D eigenvalue weighted by Gasteiger charge is -2.15. The fraction of sp³-hybridized carbons (Fsp3) is 0.500. The number of aromatic nitrogens is 1. The first-order valence-corrected chi connectivity index (χ1v) is 5.86. The minimum absolute atomic E-state index is 0.563. The molecule has 0 spiro atoms. The molecule has 1 rings (SSSR count). The van der Waals surface area contributed by atoms with Crippen LogP contribution in [-0.4, -0.2) is 18.1 Å². The lowest BCUT2D eigenvalue weighted by atomic mass is 10.0. The van der Waals surface area contributed by atoms with Crippen molar-refractivity contribution in [3.8, 4) is 12.3 Å². The summed E-state index contributed by atoms with van der Waals surface area (Å²) in [4.78, 5) is 4.12. The summed E-state index contributed by atoms with van der Waals surface area (Å²) < 4.78 is 0. The minimum atomic E-state index is 0.563. The van der Waals surface area contributed by atoms with E-state index in [1.807, 2.05) is 25.5 Å². The van der Waals surface area contributed by atoms with Gasteiger partial charge in [0.2, 0.25) is 0 Å². The summed E-state index contributed by atoms with van der Waals surface area (Å²) in [6, 6.07) is 4.68. The number of aryl methyl sites for hydroxylation is 1. The predicted molar refractivity (Wildman–Crippen MR) is 68.1 cm³/mol. The van der Waals surface area contributed by atoms with E-state index >= 15 is 0 Å². The van der Waals surface area contributed by atoms with Crippen LogP contribution < -0.4 is 5.32 Å². The number of rotatable bonds is 7. The molecule has 1 atom stereocenters. The van der Waals surface area contributed by atoms with Gasteiger partial charge < -0.3 is 5.32 Å². The summed E-state index contributed by atoms with van der Waals surface area (Å²) in [5.74, 6) is 2.68. The van der Waals surface area contributed by atoms with Crippen LogP contribution in [0.2, 0.25) is 0 Å². The van der Waals surface area contributed by atoms with Gasteiger partial charge in [-0.3, -0.25) is 4.98 Å². The van der Waals surface area contributed by atoms with E-state index in [-0.39, 0.29) is 0 Å². The zero-order valence-electron chi connectivity index (χ0n) is 9.95. The monoisotopic (exact) mass is 216 g/mol. The van der Waals surface area contributed by atoms with Crippen LogP contribution in [0.4, 0.5) is 0 Å². The number of pyridine rings is 1. The van der Waals surface area contributed by atoms with E-state index < -0.39 is 0 Å². The third-order valence-corrected chi connectivity index (χ3v) is 2.79. The summed E-state index contributed by atoms with van der Waals surface area (Å²) in [5.41, 5.74) is 1.31. The zero-order valence-corrected chi connectivity index (χ0v) is 9.95. The molecule has 2 nitrogen and oxygen atoms in total. The third-order valence-electron chi connectivity index (χ3n) is 2.79. The van der Waals surface area contributed by atoms with Gasteiger partial charge >= 0.3 is 0 Å². The lowest BCUT2D eigenvalue weighted by molar-refractivity contribution is 0.477. The Labute approximate surface area is 98.5 Å². The Balaban J connectivity index is 2.26. The topological polar surface area (TPSA) is 24.9 Å². The maximum Gasteiger partial charge on any atom is 0.0299 e. The summed E-state index contributed by atoms with van der Waals surface area (Å²) in [6.45, 7) is 0. The molecule has 0 saturated carbocycles. The summed E-state index contributed by atoms with van der Waals surface area (Å²) in [5, 5.41) is 3.34. The third kappa shape index (κ3) is 4.95. The van der Waals surface area contributed by atoms with E-state index in [1.54, 1.807) is 0 Å². The predicted octanol–water partition coefficient (Wildman–Crippen LogP) is 2.41. The fourth-order valence-corrected chi connectivity index (χ4v) is 1.77. The second-order valence-electron chi connectivity index (χ2n) is 3.98. The van der Waals surface area contributed by atoms with Gasteiger partial charge in [-0.1, -0.05) is 6.07 Å². The number of unbranched alkanes of at least 4 members (excludes halogenated alkanes) is 1. The number of hydrogen-bond acceptors (Lipinski definition) is 2. The maximum absolute atomic E-state index is 5.24. The summed E-state index contributed by atoms with van der Waals surface area (Å²) in [6.07, 6.45) is 14.4. The normalized spacial score (nSPS) is 12.0. The Kier molecular flexibility index (Phi) is 6.29. The first-order chi connectivity index (χ1) is 7.86. The maximum atomic E-state index is 5.24. The van der Waals surface area contributed by atoms with Crippen molar-refractivity contribution in [2.45, 2.75) is 38.1 Å². The van der Waals surface area contributed by atoms with Crippen LogP contribution in [0.5, 0.6) is 0 Å². The van der Waals surface area contributed by atoms with E-state index in [2.05, 4.69) is 22.3 Å². The van der Waals surface area contributed by atoms with Crippen LogP contribution in [0.25, 0.3) is 0 Å². The average Bonchev–Trinajstić information content (AvgIpc) is 2.35. The molecule has 0 radical (unpaired) electrons. The molecule has 0 amide bonds. The molecule has 0 aliphatic rings. The Morgan fingerprint density at radius 1 is 1.50 bits per heavy atom. The molecule has 1 aromatic rings. The van der Waals surface area contributed by atoms with Gasteiger partial charge in [-0.15, -0.1) is 12.3 Å². The summed E-state index contributed by atoms with van der Waals surface area (Å²) in [7, 11) is 2.02. The van der Waals surface area contributed by atoms with Crippen LogP contribution in [0.3, 0.4) is 0 Å². The van der Waals surface area contributed by atoms with E-state index in [1.165, 1.54) is 5.56 Å². The van der Waals surface area contributed by atoms with Crippen molar-refractivity contribution < 1.29 is 0 Å². The van der Waals surface area contributed by atoms with Crippen molar-refractivity contribution >= 4 is 0 Å². The van der Waals surface area contributed by atoms with Gasteiger partial charge in [0.15, 0.2) is 0 Å². The molecule has 0 fully saturated rings. The number of nitrogens with one attached hydrogen (secondary N) is 1. The van der Waals surface area contributed by atoms with Gasteiger partial charge in [-0.25, -0.2) is 0 Å². The lowest BCUT2D eigenvalue weighted by Crippen LogP contribution is -2.25. The van der Waals surface area contributed by atoms with E-state index in [4.69, 9.17) is 6.42 Å². The van der Waals surface area contributed by atoms with E-state index in [9.17, 15) is 0 Å². The number of hydrogen-bond donors (Lipinski definition) is 1. The summed E-state index contributed by atoms with van der Waals surface area (Å²) >= 11 is 0. The second kappa shape index (κ2) is 7.90. The molecule has 0 aliphatic carbocycles. The SMILES string of the molecule is C#CCCCC(CCc1cccnc1)NC. The van der Waals surface area contributed by atoms with Crippen molar-refractivity contribution in [1.29, 1.82) is 0 Å². The first kappa shape index (κ1) is 12.7. The van der Waals surface area contributed by atoms with Gasteiger partial charge in [0, 0.05) is 24.9 Å². The quantitative estimate of drug-likeness (QED) is 0.559. The Morgan fingerprint density at radius 2 is 2.38 bits per heavy atom. The standard InChI is InChI=1S/C14H20N2/c1-3-4-5-8-14(15-2)10-9-13-7-6-11-16-12-13/h1,6-7,11-12,14-15H,4-5,8-10H2,2H3. The van der Waals surface area contributed by atoms with Crippen molar-refractivity contribution in [1.82, 2.24) is 10.3 Å². The average molecular weight is 216 g/mol. The van der Waals surface area contributed by atoms with Crippen LogP contribution in [0, 0.1) is 12.3 Å². The first-order valence-electron chi connectivity index (χ1n) is 5.86. The Bertz CT molecular complexity index is 313. The van der Waals surface area contributed by atoms with Gasteiger partial charge in [0.1, 0.15) is 0 Å². The highest BCUT2D eigenvalue weighted by Crippen LogP contribution is 2.08. The van der Waals surface area contributed by atoms with Gasteiger partial charge in [0.25, 0.3) is 0 Å². The number of terminal acetylenes is 1. The van der Waals surface area contributed by atoms with Crippen LogP contribution in [-0.2, 0) is 6.42 Å². The highest BCUT2D eigenvalue weighted by atomic mass is 14.9. The van der Waals surface area contributed by atoms with Gasteiger partial charge in [-0.2, -0.15) is 0 Å². The highest BCUT2D eigenvalue weighted by Gasteiger charge is 2.05. The van der Waals surface area contributed by atoms with Crippen LogP contribution in [0.1, 0.15) is 31.2 Å². The molecular weight excluding hydrogens is 196 g/mol. The molecule has 0 aromatic carbocycles. The molecule has 1 aromatic heterocycles. The Morgan fingerprint density at radius 3 is 3.00 bits per heavy atom. The highest BCUT2D eigenvalue weighted by molar-refractivity contribution is 5.08. The van der Waals surface area contributed by atoms with Gasteiger partial charge in [0.05, 0.1) is 0 Å². The molecule has 0 bridgehead atoms. The van der Waals surface area contributed by atoms with Gasteiger partial charge in [-0.05, 0) is 44.4 Å². The molecule has 16 heavy (non-hydrogen) atoms. The number of nitrogens with zero attached hydrogens (tertiary/aromatic N) is 1. The molecule has 1 N–H and O–H groups in total. The van der Waals surface area contributed by atoms with Crippen LogP contribution in [0.15, 0.2) is 24.5 Å². The largest absolute Gasteiger partial charge is 0.317 e. The molecule has 2 heteroatoms. The molecule has 86 valence electrons. The molecule has 1 unspecified atom stereocenters. The van der Waals surface area contributed by atoms with Crippen molar-refractivity contribution in [3.05, 3.63) is 30.1 Å². The van der Waals surface area contributed by atoms with E-state index in [0.717, 1.165) is 32.1 Å². The molecule has 0 saturated heterocycles.